The van der Waals surface area contributed by atoms with Gasteiger partial charge in [-0.3, -0.25) is 0 Å². The van der Waals surface area contributed by atoms with Crippen LogP contribution in [0.15, 0.2) is 180 Å². The van der Waals surface area contributed by atoms with E-state index in [9.17, 15) is 0 Å². The first kappa shape index (κ1) is 27.9. The minimum absolute atomic E-state index is 0.911. The molecule has 0 atom stereocenters. The van der Waals surface area contributed by atoms with Crippen LogP contribution in [0.5, 0.6) is 0 Å². The molecule has 230 valence electrons. The summed E-state index contributed by atoms with van der Waals surface area (Å²) in [5.41, 5.74) is 9.80. The molecule has 0 bridgehead atoms. The number of furan rings is 1. The molecular weight excluding hydrogens is 615 g/mol. The van der Waals surface area contributed by atoms with E-state index in [0.717, 1.165) is 50.1 Å². The van der Waals surface area contributed by atoms with Crippen molar-refractivity contribution in [1.82, 2.24) is 0 Å². The van der Waals surface area contributed by atoms with Gasteiger partial charge in [0.1, 0.15) is 11.2 Å². The van der Waals surface area contributed by atoms with Crippen molar-refractivity contribution >= 4 is 81.3 Å². The fourth-order valence-electron chi connectivity index (χ4n) is 7.42. The predicted octanol–water partition coefficient (Wildman–Crippen LogP) is 13.9. The molecule has 2 heterocycles. The summed E-state index contributed by atoms with van der Waals surface area (Å²) in [4.78, 5) is 2.44. The molecule has 8 aromatic carbocycles. The zero-order valence-corrected chi connectivity index (χ0v) is 27.3. The number of hydrogen-bond donors (Lipinski definition) is 0. The molecule has 0 saturated carbocycles. The molecule has 49 heavy (non-hydrogen) atoms. The van der Waals surface area contributed by atoms with Crippen LogP contribution in [0, 0.1) is 0 Å². The van der Waals surface area contributed by atoms with Crippen LogP contribution in [0.2, 0.25) is 0 Å². The standard InChI is InChI=1S/C46H29NOS/c1-2-12-30(13-3-1)34-15-6-8-20-40(34)47(41-21-11-23-43-44(41)39-29-26-31-14-4-5-16-36(31)46(39)49-43)33-27-24-32(25-28-33)35-18-10-19-38-37-17-7-9-22-42(37)48-45(35)38/h1-29H. The maximum Gasteiger partial charge on any atom is 0.143 e. The molecule has 0 fully saturated rings. The molecule has 2 aromatic heterocycles. The molecule has 0 aliphatic rings. The Labute approximate surface area is 287 Å². The predicted molar refractivity (Wildman–Crippen MR) is 210 cm³/mol. The van der Waals surface area contributed by atoms with Crippen molar-refractivity contribution in [3.8, 4) is 22.3 Å². The number of rotatable bonds is 5. The van der Waals surface area contributed by atoms with E-state index in [2.05, 4.69) is 169 Å². The van der Waals surface area contributed by atoms with Crippen LogP contribution in [0.25, 0.3) is 75.1 Å². The van der Waals surface area contributed by atoms with Crippen molar-refractivity contribution in [2.45, 2.75) is 0 Å². The number of para-hydroxylation sites is 3. The molecule has 0 N–H and O–H groups in total. The smallest absolute Gasteiger partial charge is 0.143 e. The number of benzene rings is 8. The molecule has 0 radical (unpaired) electrons. The van der Waals surface area contributed by atoms with E-state index < -0.39 is 0 Å². The maximum absolute atomic E-state index is 6.42. The average Bonchev–Trinajstić information content (AvgIpc) is 3.75. The Hall–Kier alpha value is -6.16. The summed E-state index contributed by atoms with van der Waals surface area (Å²) in [6, 6.07) is 63.1. The number of hydrogen-bond acceptors (Lipinski definition) is 3. The molecule has 10 aromatic rings. The minimum atomic E-state index is 0.911. The van der Waals surface area contributed by atoms with E-state index in [4.69, 9.17) is 4.42 Å². The van der Waals surface area contributed by atoms with Gasteiger partial charge in [0.15, 0.2) is 0 Å². The van der Waals surface area contributed by atoms with Crippen molar-refractivity contribution < 1.29 is 4.42 Å². The van der Waals surface area contributed by atoms with E-state index in [1.165, 1.54) is 42.1 Å². The Morgan fingerprint density at radius 3 is 2.00 bits per heavy atom. The number of fused-ring (bicyclic) bond motifs is 8. The molecule has 0 aliphatic heterocycles. The second kappa shape index (κ2) is 11.2. The number of anilines is 3. The molecule has 3 heteroatoms. The van der Waals surface area contributed by atoms with E-state index in [1.807, 2.05) is 23.5 Å². The average molecular weight is 644 g/mol. The normalized spacial score (nSPS) is 11.7. The molecule has 0 spiro atoms. The highest BCUT2D eigenvalue weighted by molar-refractivity contribution is 7.26. The lowest BCUT2D eigenvalue weighted by atomic mass is 9.99. The Morgan fingerprint density at radius 1 is 0.429 bits per heavy atom. The van der Waals surface area contributed by atoms with Crippen LogP contribution in [-0.4, -0.2) is 0 Å². The molecule has 0 unspecified atom stereocenters. The Balaban J connectivity index is 1.20. The van der Waals surface area contributed by atoms with Crippen molar-refractivity contribution in [3.63, 3.8) is 0 Å². The second-order valence-electron chi connectivity index (χ2n) is 12.5. The third-order valence-electron chi connectivity index (χ3n) is 9.68. The Bertz CT molecular complexity index is 2830. The maximum atomic E-state index is 6.42. The van der Waals surface area contributed by atoms with E-state index in [0.29, 0.717) is 0 Å². The SMILES string of the molecule is c1ccc(-c2ccccc2N(c2ccc(-c3cccc4c3oc3ccccc34)cc2)c2cccc3sc4c5ccccc5ccc4c23)cc1. The van der Waals surface area contributed by atoms with Crippen molar-refractivity contribution in [3.05, 3.63) is 176 Å². The van der Waals surface area contributed by atoms with Gasteiger partial charge in [0.2, 0.25) is 0 Å². The lowest BCUT2D eigenvalue weighted by Crippen LogP contribution is -2.11. The van der Waals surface area contributed by atoms with Gasteiger partial charge >= 0.3 is 0 Å². The van der Waals surface area contributed by atoms with Gasteiger partial charge in [0.25, 0.3) is 0 Å². The van der Waals surface area contributed by atoms with Gasteiger partial charge < -0.3 is 9.32 Å². The lowest BCUT2D eigenvalue weighted by Gasteiger charge is -2.29. The Kier molecular flexibility index (Phi) is 6.39. The molecule has 0 aliphatic carbocycles. The monoisotopic (exact) mass is 643 g/mol. The zero-order valence-electron chi connectivity index (χ0n) is 26.5. The van der Waals surface area contributed by atoms with Gasteiger partial charge in [-0.05, 0) is 58.3 Å². The van der Waals surface area contributed by atoms with Crippen molar-refractivity contribution in [1.29, 1.82) is 0 Å². The summed E-state index contributed by atoms with van der Waals surface area (Å²) in [7, 11) is 0. The number of thiophene rings is 1. The second-order valence-corrected chi connectivity index (χ2v) is 13.5. The van der Waals surface area contributed by atoms with Crippen LogP contribution < -0.4 is 4.90 Å². The highest BCUT2D eigenvalue weighted by atomic mass is 32.1. The summed E-state index contributed by atoms with van der Waals surface area (Å²) in [5, 5.41) is 7.40. The Morgan fingerprint density at radius 2 is 1.10 bits per heavy atom. The van der Waals surface area contributed by atoms with Crippen LogP contribution in [0.3, 0.4) is 0 Å². The van der Waals surface area contributed by atoms with Gasteiger partial charge in [0.05, 0.1) is 11.4 Å². The summed E-state index contributed by atoms with van der Waals surface area (Å²) >= 11 is 1.88. The lowest BCUT2D eigenvalue weighted by molar-refractivity contribution is 0.670. The van der Waals surface area contributed by atoms with Crippen molar-refractivity contribution in [2.24, 2.45) is 0 Å². The molecular formula is C46H29NOS. The van der Waals surface area contributed by atoms with Gasteiger partial charge in [0, 0.05) is 47.8 Å². The fraction of sp³-hybridized carbons (Fsp3) is 0. The molecule has 10 rings (SSSR count). The van der Waals surface area contributed by atoms with E-state index in [-0.39, 0.29) is 0 Å². The first-order valence-electron chi connectivity index (χ1n) is 16.6. The summed E-state index contributed by atoms with van der Waals surface area (Å²) < 4.78 is 9.02. The summed E-state index contributed by atoms with van der Waals surface area (Å²) in [5.74, 6) is 0. The van der Waals surface area contributed by atoms with E-state index in [1.54, 1.807) is 0 Å². The third-order valence-corrected chi connectivity index (χ3v) is 10.9. The number of nitrogens with zero attached hydrogens (tertiary/aromatic N) is 1. The first-order valence-corrected chi connectivity index (χ1v) is 17.4. The largest absolute Gasteiger partial charge is 0.455 e. The topological polar surface area (TPSA) is 16.4 Å². The van der Waals surface area contributed by atoms with E-state index >= 15 is 0 Å². The first-order chi connectivity index (χ1) is 24.3. The third kappa shape index (κ3) is 4.47. The molecule has 0 saturated heterocycles. The van der Waals surface area contributed by atoms with Crippen LogP contribution >= 0.6 is 11.3 Å². The van der Waals surface area contributed by atoms with Gasteiger partial charge in [-0.2, -0.15) is 0 Å². The minimum Gasteiger partial charge on any atom is -0.455 e. The van der Waals surface area contributed by atoms with Crippen LogP contribution in [0.4, 0.5) is 17.1 Å². The van der Waals surface area contributed by atoms with Gasteiger partial charge in [-0.15, -0.1) is 11.3 Å². The quantitative estimate of drug-likeness (QED) is 0.186. The molecule has 2 nitrogen and oxygen atoms in total. The van der Waals surface area contributed by atoms with Crippen LogP contribution in [-0.2, 0) is 0 Å². The van der Waals surface area contributed by atoms with Gasteiger partial charge in [-0.25, -0.2) is 0 Å². The van der Waals surface area contributed by atoms with Gasteiger partial charge in [-0.1, -0.05) is 140 Å². The van der Waals surface area contributed by atoms with Crippen LogP contribution in [0.1, 0.15) is 0 Å². The van der Waals surface area contributed by atoms with Crippen molar-refractivity contribution in [2.75, 3.05) is 4.90 Å². The highest BCUT2D eigenvalue weighted by Crippen LogP contribution is 2.48. The molecule has 0 amide bonds. The highest BCUT2D eigenvalue weighted by Gasteiger charge is 2.22. The summed E-state index contributed by atoms with van der Waals surface area (Å²) in [6.07, 6.45) is 0. The fourth-order valence-corrected chi connectivity index (χ4v) is 8.68. The summed E-state index contributed by atoms with van der Waals surface area (Å²) in [6.45, 7) is 0. The zero-order chi connectivity index (χ0) is 32.3.